The van der Waals surface area contributed by atoms with E-state index in [1.807, 2.05) is 24.3 Å². The van der Waals surface area contributed by atoms with E-state index in [1.54, 1.807) is 7.11 Å². The Morgan fingerprint density at radius 2 is 1.94 bits per heavy atom. The highest BCUT2D eigenvalue weighted by Gasteiger charge is 2.40. The van der Waals surface area contributed by atoms with Crippen molar-refractivity contribution >= 4 is 15.9 Å². The summed E-state index contributed by atoms with van der Waals surface area (Å²) in [6.07, 6.45) is 3.83. The maximum Gasteiger partial charge on any atom is 0.161 e. The molecule has 1 aromatic carbocycles. The largest absolute Gasteiger partial charge is 0.493 e. The zero-order valence-corrected chi connectivity index (χ0v) is 12.7. The molecule has 1 aromatic rings. The van der Waals surface area contributed by atoms with Gasteiger partial charge >= 0.3 is 0 Å². The van der Waals surface area contributed by atoms with Gasteiger partial charge in [-0.3, -0.25) is 0 Å². The number of rotatable bonds is 7. The molecular formula is C15H21BrO2. The van der Waals surface area contributed by atoms with Gasteiger partial charge in [-0.25, -0.2) is 0 Å². The molecular weight excluding hydrogens is 292 g/mol. The first-order valence-electron chi connectivity index (χ1n) is 6.51. The van der Waals surface area contributed by atoms with Crippen molar-refractivity contribution in [2.24, 2.45) is 11.3 Å². The second-order valence-electron chi connectivity index (χ2n) is 5.31. The van der Waals surface area contributed by atoms with Crippen molar-refractivity contribution in [1.82, 2.24) is 0 Å². The molecule has 1 aliphatic carbocycles. The zero-order valence-electron chi connectivity index (χ0n) is 11.1. The van der Waals surface area contributed by atoms with E-state index in [2.05, 4.69) is 22.9 Å². The van der Waals surface area contributed by atoms with Gasteiger partial charge in [-0.1, -0.05) is 35.0 Å². The minimum atomic E-state index is 0.377. The van der Waals surface area contributed by atoms with Crippen LogP contribution in [0, 0.1) is 11.3 Å². The smallest absolute Gasteiger partial charge is 0.161 e. The fraction of sp³-hybridized carbons (Fsp3) is 0.600. The van der Waals surface area contributed by atoms with Gasteiger partial charge in [0.1, 0.15) is 0 Å². The summed E-state index contributed by atoms with van der Waals surface area (Å²) in [7, 11) is 1.68. The highest BCUT2D eigenvalue weighted by atomic mass is 79.9. The molecule has 0 spiro atoms. The van der Waals surface area contributed by atoms with Crippen LogP contribution in [0.2, 0.25) is 0 Å². The Morgan fingerprint density at radius 3 is 2.50 bits per heavy atom. The van der Waals surface area contributed by atoms with Crippen molar-refractivity contribution in [3.8, 4) is 11.5 Å². The van der Waals surface area contributed by atoms with Crippen LogP contribution in [0.5, 0.6) is 11.5 Å². The summed E-state index contributed by atoms with van der Waals surface area (Å²) in [6.45, 7) is 3.10. The van der Waals surface area contributed by atoms with E-state index in [1.165, 1.54) is 12.8 Å². The van der Waals surface area contributed by atoms with Crippen LogP contribution in [-0.4, -0.2) is 19.0 Å². The van der Waals surface area contributed by atoms with E-state index in [-0.39, 0.29) is 0 Å². The first-order valence-corrected chi connectivity index (χ1v) is 7.63. The Morgan fingerprint density at radius 1 is 1.28 bits per heavy atom. The Hall–Kier alpha value is -0.700. The Kier molecular flexibility index (Phi) is 4.55. The third-order valence-corrected chi connectivity index (χ3v) is 5.15. The number of hydrogen-bond donors (Lipinski definition) is 0. The average Bonchev–Trinajstić information content (AvgIpc) is 3.24. The van der Waals surface area contributed by atoms with Crippen LogP contribution < -0.4 is 9.47 Å². The number of alkyl halides is 1. The van der Waals surface area contributed by atoms with Crippen LogP contribution in [0.3, 0.4) is 0 Å². The maximum atomic E-state index is 5.86. The quantitative estimate of drug-likeness (QED) is 0.700. The molecule has 100 valence electrons. The molecule has 1 aliphatic rings. The standard InChI is InChI=1S/C15H21BrO2/c1-15(11-16,12-7-8-12)9-10-18-14-6-4-3-5-13(14)17-2/h3-6,12H,7-11H2,1-2H3. The highest BCUT2D eigenvalue weighted by molar-refractivity contribution is 9.09. The van der Waals surface area contributed by atoms with Crippen LogP contribution in [0.25, 0.3) is 0 Å². The molecule has 0 saturated heterocycles. The molecule has 0 bridgehead atoms. The first kappa shape index (κ1) is 13.7. The number of hydrogen-bond acceptors (Lipinski definition) is 2. The molecule has 1 atom stereocenters. The van der Waals surface area contributed by atoms with E-state index in [9.17, 15) is 0 Å². The summed E-state index contributed by atoms with van der Waals surface area (Å²) < 4.78 is 11.1. The monoisotopic (exact) mass is 312 g/mol. The summed E-state index contributed by atoms with van der Waals surface area (Å²) in [5.74, 6) is 2.52. The molecule has 0 aromatic heterocycles. The second kappa shape index (κ2) is 5.96. The van der Waals surface area contributed by atoms with E-state index in [4.69, 9.17) is 9.47 Å². The Bertz CT molecular complexity index is 390. The SMILES string of the molecule is COc1ccccc1OCCC(C)(CBr)C1CC1. The van der Waals surface area contributed by atoms with Crippen molar-refractivity contribution < 1.29 is 9.47 Å². The summed E-state index contributed by atoms with van der Waals surface area (Å²) in [5, 5.41) is 1.06. The van der Waals surface area contributed by atoms with Gasteiger partial charge in [0.15, 0.2) is 11.5 Å². The van der Waals surface area contributed by atoms with Crippen molar-refractivity contribution in [1.29, 1.82) is 0 Å². The minimum Gasteiger partial charge on any atom is -0.493 e. The summed E-state index contributed by atoms with van der Waals surface area (Å²) >= 11 is 3.65. The molecule has 1 unspecified atom stereocenters. The van der Waals surface area contributed by atoms with E-state index >= 15 is 0 Å². The molecule has 1 fully saturated rings. The Balaban J connectivity index is 1.87. The van der Waals surface area contributed by atoms with E-state index in [0.717, 1.165) is 35.8 Å². The number of methoxy groups -OCH3 is 1. The van der Waals surface area contributed by atoms with E-state index < -0.39 is 0 Å². The third kappa shape index (κ3) is 3.19. The van der Waals surface area contributed by atoms with Crippen LogP contribution in [0.1, 0.15) is 26.2 Å². The molecule has 0 heterocycles. The lowest BCUT2D eigenvalue weighted by molar-refractivity contribution is 0.205. The van der Waals surface area contributed by atoms with Crippen molar-refractivity contribution in [2.75, 3.05) is 19.0 Å². The molecule has 1 saturated carbocycles. The number of para-hydroxylation sites is 2. The molecule has 0 N–H and O–H groups in total. The topological polar surface area (TPSA) is 18.5 Å². The molecule has 2 rings (SSSR count). The Labute approximate surface area is 118 Å². The van der Waals surface area contributed by atoms with Gasteiger partial charge in [0.25, 0.3) is 0 Å². The van der Waals surface area contributed by atoms with Crippen molar-refractivity contribution in [2.45, 2.75) is 26.2 Å². The third-order valence-electron chi connectivity index (χ3n) is 3.87. The van der Waals surface area contributed by atoms with E-state index in [0.29, 0.717) is 5.41 Å². The van der Waals surface area contributed by atoms with Gasteiger partial charge in [-0.15, -0.1) is 0 Å². The summed E-state index contributed by atoms with van der Waals surface area (Å²) in [5.41, 5.74) is 0.377. The highest BCUT2D eigenvalue weighted by Crippen LogP contribution is 2.48. The van der Waals surface area contributed by atoms with Gasteiger partial charge in [0, 0.05) is 5.33 Å². The van der Waals surface area contributed by atoms with Gasteiger partial charge < -0.3 is 9.47 Å². The van der Waals surface area contributed by atoms with Gasteiger partial charge in [-0.05, 0) is 42.7 Å². The van der Waals surface area contributed by atoms with Crippen LogP contribution in [0.4, 0.5) is 0 Å². The normalized spacial score (nSPS) is 18.2. The van der Waals surface area contributed by atoms with Crippen LogP contribution in [0.15, 0.2) is 24.3 Å². The molecule has 0 radical (unpaired) electrons. The maximum absolute atomic E-state index is 5.86. The molecule has 0 amide bonds. The fourth-order valence-corrected chi connectivity index (χ4v) is 3.03. The summed E-state index contributed by atoms with van der Waals surface area (Å²) in [4.78, 5) is 0. The van der Waals surface area contributed by atoms with Crippen LogP contribution in [-0.2, 0) is 0 Å². The summed E-state index contributed by atoms with van der Waals surface area (Å²) in [6, 6.07) is 7.82. The number of ether oxygens (including phenoxy) is 2. The molecule has 0 aliphatic heterocycles. The van der Waals surface area contributed by atoms with Gasteiger partial charge in [-0.2, -0.15) is 0 Å². The second-order valence-corrected chi connectivity index (χ2v) is 5.87. The lowest BCUT2D eigenvalue weighted by Crippen LogP contribution is -2.24. The number of benzene rings is 1. The predicted octanol–water partition coefficient (Wildman–Crippen LogP) is 4.28. The van der Waals surface area contributed by atoms with Crippen LogP contribution >= 0.6 is 15.9 Å². The van der Waals surface area contributed by atoms with Crippen molar-refractivity contribution in [3.05, 3.63) is 24.3 Å². The lowest BCUT2D eigenvalue weighted by Gasteiger charge is -2.27. The average molecular weight is 313 g/mol. The lowest BCUT2D eigenvalue weighted by atomic mass is 9.84. The molecule has 3 heteroatoms. The minimum absolute atomic E-state index is 0.377. The predicted molar refractivity (Wildman–Crippen MR) is 77.7 cm³/mol. The molecule has 2 nitrogen and oxygen atoms in total. The molecule has 18 heavy (non-hydrogen) atoms. The first-order chi connectivity index (χ1) is 8.69. The van der Waals surface area contributed by atoms with Crippen molar-refractivity contribution in [3.63, 3.8) is 0 Å². The van der Waals surface area contributed by atoms with Gasteiger partial charge in [0.05, 0.1) is 13.7 Å². The zero-order chi connectivity index (χ0) is 13.0. The number of halogens is 1. The van der Waals surface area contributed by atoms with Gasteiger partial charge in [0.2, 0.25) is 0 Å². The fourth-order valence-electron chi connectivity index (χ4n) is 2.29.